The molecule has 0 radical (unpaired) electrons. The van der Waals surface area contributed by atoms with Crippen molar-refractivity contribution < 1.29 is 67.1 Å². The van der Waals surface area contributed by atoms with E-state index in [4.69, 9.17) is 28.9 Å². The Balaban J connectivity index is 1.31. The number of fused-ring (bicyclic) bond motifs is 1. The summed E-state index contributed by atoms with van der Waals surface area (Å²) in [6, 6.07) is 5.11. The first-order valence-corrected chi connectivity index (χ1v) is 32.5. The van der Waals surface area contributed by atoms with Crippen LogP contribution in [0.1, 0.15) is 122 Å². The standard InChI is InChI=1S/C64H89ClN16O14/c1-35(2)29-46-59(90)74-45(64(95)81-28-10-15-51(81)63(94)79-50(34-66)55(67)86)14-7-9-27-70-53(84)25-23-44(58(89)77-48(61(92)75-46)32-38-16-19-39-11-4-5-12-40(39)30-38)73-62(93)49(33-54(85)80-68)78-56(87)42-13-6-8-26-69-52(83)24-22-43(71-36(3)82)57(88)76-47(60(91)72-42)31-37-17-20-41(65)21-18-37/h4-5,11-12,16-21,30,35,42-51H,6-10,13-15,22-29,31-34,66,68H2,1-3H3,(H2,67,86)(H,69,83)(H,70,84)(H,71,82)(H,72,91)(H,73,93)(H,74,90)(H,75,92)(H,76,88)(H,77,89)(H,78,87)(H,79,94)(H,80,85)/t42-,43-,44+,45+,46+,47-,48-,49+,50?,51+/m1/s1. The molecule has 31 heteroatoms. The third-order valence-electron chi connectivity index (χ3n) is 16.5. The van der Waals surface area contributed by atoms with Crippen LogP contribution in [0.4, 0.5) is 0 Å². The van der Waals surface area contributed by atoms with Crippen molar-refractivity contribution in [3.05, 3.63) is 82.9 Å². The SMILES string of the molecule is CC(=O)N[C@@H]1CCC(=O)NCCCC[C@H](C(=O)N[C@@H](CC(=O)NN)C(=O)N[C@H]2CCC(=O)NCCCC[C@@H](C(=O)N3CCC[C@H]3C(=O)NC(CN)C(N)=O)NC(=O)[C@H](CC(C)C)NC(=O)[C@@H](Cc3ccc4ccccc4c3)NC2=O)NC(=O)[C@@H](Cc2ccc(Cl)cc2)NC1=O. The lowest BCUT2D eigenvalue weighted by Gasteiger charge is -2.31. The lowest BCUT2D eigenvalue weighted by Crippen LogP contribution is -2.61. The van der Waals surface area contributed by atoms with Crippen molar-refractivity contribution in [2.24, 2.45) is 23.2 Å². The Hall–Kier alpha value is -9.29. The van der Waals surface area contributed by atoms with Crippen LogP contribution < -0.4 is 81.2 Å². The van der Waals surface area contributed by atoms with Gasteiger partial charge >= 0.3 is 0 Å². The molecule has 3 aromatic carbocycles. The van der Waals surface area contributed by atoms with Crippen molar-refractivity contribution in [2.75, 3.05) is 26.2 Å². The number of primary amides is 1. The fourth-order valence-electron chi connectivity index (χ4n) is 11.4. The van der Waals surface area contributed by atoms with Gasteiger partial charge in [0.15, 0.2) is 0 Å². The summed E-state index contributed by atoms with van der Waals surface area (Å²) in [5.41, 5.74) is 14.1. The summed E-state index contributed by atoms with van der Waals surface area (Å²) in [6.07, 6.45) is -0.745. The monoisotopic (exact) mass is 1340 g/mol. The van der Waals surface area contributed by atoms with Gasteiger partial charge in [-0.2, -0.15) is 0 Å². The second-order valence-corrected chi connectivity index (χ2v) is 24.9. The molecule has 1 unspecified atom stereocenters. The quantitative estimate of drug-likeness (QED) is 0.0361. The number of carbonyl (C=O) groups excluding carboxylic acids is 14. The molecule has 516 valence electrons. The number of rotatable bonds is 18. The zero-order valence-corrected chi connectivity index (χ0v) is 54.4. The Kier molecular flexibility index (Phi) is 29.1. The van der Waals surface area contributed by atoms with Gasteiger partial charge < -0.3 is 74.9 Å². The van der Waals surface area contributed by atoms with Crippen molar-refractivity contribution in [3.8, 4) is 0 Å². The minimum atomic E-state index is -1.85. The highest BCUT2D eigenvalue weighted by atomic mass is 35.5. The minimum Gasteiger partial charge on any atom is -0.368 e. The molecule has 95 heavy (non-hydrogen) atoms. The van der Waals surface area contributed by atoms with Crippen molar-refractivity contribution in [2.45, 2.75) is 184 Å². The molecule has 6 rings (SSSR count). The fourth-order valence-corrected chi connectivity index (χ4v) is 11.5. The Bertz CT molecular complexity index is 3280. The Labute approximate surface area is 555 Å². The van der Waals surface area contributed by atoms with Gasteiger partial charge in [-0.25, -0.2) is 5.84 Å². The molecule has 30 nitrogen and oxygen atoms in total. The number of hydrogen-bond donors (Lipinski definition) is 15. The topological polar surface area (TPSA) is 465 Å². The molecule has 3 aliphatic heterocycles. The maximum Gasteiger partial charge on any atom is 0.245 e. The fraction of sp³-hybridized carbons (Fsp3) is 0.531. The normalized spacial score (nSPS) is 23.3. The average Bonchev–Trinajstić information content (AvgIpc) is 1.84. The number of hydrogen-bond acceptors (Lipinski definition) is 16. The van der Waals surface area contributed by atoms with Gasteiger partial charge in [-0.1, -0.05) is 80.0 Å². The van der Waals surface area contributed by atoms with Crippen LogP contribution in [0.25, 0.3) is 10.8 Å². The molecule has 14 amide bonds. The molecular weight excluding hydrogens is 1250 g/mol. The highest BCUT2D eigenvalue weighted by Gasteiger charge is 2.41. The van der Waals surface area contributed by atoms with Gasteiger partial charge in [0.25, 0.3) is 0 Å². The number of nitrogens with two attached hydrogens (primary N) is 3. The van der Waals surface area contributed by atoms with Crippen molar-refractivity contribution in [1.82, 2.24) is 68.8 Å². The largest absolute Gasteiger partial charge is 0.368 e. The number of halogens is 1. The summed E-state index contributed by atoms with van der Waals surface area (Å²) in [6.45, 7) is 4.80. The van der Waals surface area contributed by atoms with E-state index in [1.54, 1.807) is 50.2 Å². The number of likely N-dealkylation sites (tertiary alicyclic amines) is 1. The lowest BCUT2D eigenvalue weighted by atomic mass is 9.98. The van der Waals surface area contributed by atoms with Gasteiger partial charge in [0.1, 0.15) is 60.4 Å². The second-order valence-electron chi connectivity index (χ2n) is 24.5. The average molecular weight is 1340 g/mol. The van der Waals surface area contributed by atoms with Crippen molar-refractivity contribution in [3.63, 3.8) is 0 Å². The van der Waals surface area contributed by atoms with Crippen LogP contribution in [-0.4, -0.2) is 174 Å². The van der Waals surface area contributed by atoms with Crippen LogP contribution in [0.3, 0.4) is 0 Å². The molecular formula is C64H89ClN16O14. The van der Waals surface area contributed by atoms with E-state index >= 15 is 0 Å². The van der Waals surface area contributed by atoms with Crippen LogP contribution in [0.5, 0.6) is 0 Å². The van der Waals surface area contributed by atoms with Crippen LogP contribution in [0, 0.1) is 5.92 Å². The first kappa shape index (κ1) is 74.7. The van der Waals surface area contributed by atoms with Crippen LogP contribution in [-0.2, 0) is 80.0 Å². The predicted molar refractivity (Wildman–Crippen MR) is 347 cm³/mol. The third-order valence-corrected chi connectivity index (χ3v) is 16.8. The van der Waals surface area contributed by atoms with E-state index in [-0.39, 0.29) is 109 Å². The molecule has 0 saturated carbocycles. The molecule has 0 bridgehead atoms. The highest BCUT2D eigenvalue weighted by molar-refractivity contribution is 6.30. The number of nitrogens with one attached hydrogen (secondary N) is 12. The molecule has 0 spiro atoms. The van der Waals surface area contributed by atoms with E-state index in [2.05, 4.69) is 58.5 Å². The van der Waals surface area contributed by atoms with E-state index in [1.807, 2.05) is 35.8 Å². The molecule has 3 aliphatic rings. The molecule has 18 N–H and O–H groups in total. The van der Waals surface area contributed by atoms with Gasteiger partial charge in [0.2, 0.25) is 82.7 Å². The summed E-state index contributed by atoms with van der Waals surface area (Å²) in [4.78, 5) is 196. The first-order valence-electron chi connectivity index (χ1n) is 32.1. The Morgan fingerprint density at radius 3 is 1.73 bits per heavy atom. The summed E-state index contributed by atoms with van der Waals surface area (Å²) in [5.74, 6) is -5.91. The molecule has 0 aliphatic carbocycles. The number of hydrazine groups is 1. The van der Waals surface area contributed by atoms with Gasteiger partial charge in [-0.05, 0) is 111 Å². The van der Waals surface area contributed by atoms with Crippen LogP contribution in [0.2, 0.25) is 5.02 Å². The van der Waals surface area contributed by atoms with Crippen molar-refractivity contribution in [1.29, 1.82) is 0 Å². The maximum absolute atomic E-state index is 15.0. The second kappa shape index (κ2) is 37.0. The lowest BCUT2D eigenvalue weighted by molar-refractivity contribution is -0.142. The minimum absolute atomic E-state index is 0.0201. The van der Waals surface area contributed by atoms with Gasteiger partial charge in [-0.3, -0.25) is 72.5 Å². The van der Waals surface area contributed by atoms with Gasteiger partial charge in [0, 0.05) is 63.8 Å². The molecule has 3 heterocycles. The van der Waals surface area contributed by atoms with E-state index in [1.165, 1.54) is 11.8 Å². The maximum atomic E-state index is 15.0. The van der Waals surface area contributed by atoms with Crippen molar-refractivity contribution >= 4 is 105 Å². The number of carbonyl (C=O) groups is 14. The summed E-state index contributed by atoms with van der Waals surface area (Å²) in [7, 11) is 0. The first-order chi connectivity index (χ1) is 45.3. The zero-order valence-electron chi connectivity index (χ0n) is 53.6. The van der Waals surface area contributed by atoms with E-state index in [0.29, 0.717) is 22.6 Å². The molecule has 3 saturated heterocycles. The zero-order chi connectivity index (χ0) is 69.3. The highest BCUT2D eigenvalue weighted by Crippen LogP contribution is 2.22. The van der Waals surface area contributed by atoms with E-state index < -0.39 is 162 Å². The van der Waals surface area contributed by atoms with Crippen LogP contribution in [0.15, 0.2) is 66.7 Å². The summed E-state index contributed by atoms with van der Waals surface area (Å²) < 4.78 is 0. The molecule has 3 aromatic rings. The van der Waals surface area contributed by atoms with Crippen LogP contribution >= 0.6 is 11.6 Å². The Morgan fingerprint density at radius 1 is 0.600 bits per heavy atom. The van der Waals surface area contributed by atoms with E-state index in [9.17, 15) is 67.1 Å². The predicted octanol–water partition coefficient (Wildman–Crippen LogP) is -2.32. The van der Waals surface area contributed by atoms with Gasteiger partial charge in [-0.15, -0.1) is 0 Å². The molecule has 10 atom stereocenters. The smallest absolute Gasteiger partial charge is 0.245 e. The summed E-state index contributed by atoms with van der Waals surface area (Å²) >= 11 is 6.15. The molecule has 3 fully saturated rings. The molecule has 0 aromatic heterocycles. The van der Waals surface area contributed by atoms with Gasteiger partial charge in [0.05, 0.1) is 6.42 Å². The number of nitrogens with zero attached hydrogens (tertiary/aromatic N) is 1. The number of benzene rings is 3. The third kappa shape index (κ3) is 23.6. The van der Waals surface area contributed by atoms with E-state index in [0.717, 1.165) is 10.8 Å². The number of amides is 14. The summed E-state index contributed by atoms with van der Waals surface area (Å²) in [5, 5.41) is 31.3. The Morgan fingerprint density at radius 2 is 1.14 bits per heavy atom.